The van der Waals surface area contributed by atoms with Crippen LogP contribution in [-0.2, 0) is 13.0 Å². The molecule has 0 unspecified atom stereocenters. The Morgan fingerprint density at radius 1 is 0.895 bits per heavy atom. The zero-order valence-electron chi connectivity index (χ0n) is 11.8. The molecule has 0 saturated heterocycles. The molecule has 3 rings (SSSR count). The monoisotopic (exact) mass is 251 g/mol. The molecule has 0 amide bonds. The molecule has 2 aromatic rings. The van der Waals surface area contributed by atoms with Gasteiger partial charge in [-0.05, 0) is 47.3 Å². The van der Waals surface area contributed by atoms with E-state index in [2.05, 4.69) is 61.2 Å². The van der Waals surface area contributed by atoms with E-state index < -0.39 is 0 Å². The summed E-state index contributed by atoms with van der Waals surface area (Å²) in [6.45, 7) is 7.78. The predicted molar refractivity (Wildman–Crippen MR) is 81.3 cm³/mol. The van der Waals surface area contributed by atoms with E-state index in [4.69, 9.17) is 0 Å². The molecular formula is C18H21N. The first kappa shape index (κ1) is 12.4. The maximum atomic E-state index is 2.48. The van der Waals surface area contributed by atoms with Crippen molar-refractivity contribution in [2.45, 2.75) is 26.8 Å². The highest BCUT2D eigenvalue weighted by Crippen LogP contribution is 2.38. The summed E-state index contributed by atoms with van der Waals surface area (Å²) >= 11 is 0. The molecule has 1 aliphatic carbocycles. The Morgan fingerprint density at radius 2 is 1.63 bits per heavy atom. The van der Waals surface area contributed by atoms with Gasteiger partial charge in [0.2, 0.25) is 0 Å². The van der Waals surface area contributed by atoms with Crippen LogP contribution in [0.4, 0.5) is 0 Å². The maximum absolute atomic E-state index is 2.48. The van der Waals surface area contributed by atoms with E-state index in [9.17, 15) is 0 Å². The Hall–Kier alpha value is -1.60. The van der Waals surface area contributed by atoms with Gasteiger partial charge in [0.05, 0.1) is 0 Å². The minimum Gasteiger partial charge on any atom is -0.300 e. The second kappa shape index (κ2) is 5.18. The first-order valence-corrected chi connectivity index (χ1v) is 7.24. The lowest BCUT2D eigenvalue weighted by atomic mass is 10.0. The van der Waals surface area contributed by atoms with E-state index in [0.29, 0.717) is 0 Å². The highest BCUT2D eigenvalue weighted by atomic mass is 15.1. The van der Waals surface area contributed by atoms with Crippen molar-refractivity contribution in [3.63, 3.8) is 0 Å². The third kappa shape index (κ3) is 2.19. The lowest BCUT2D eigenvalue weighted by molar-refractivity contribution is 0.295. The van der Waals surface area contributed by atoms with Crippen molar-refractivity contribution in [1.29, 1.82) is 0 Å². The third-order valence-electron chi connectivity index (χ3n) is 4.24. The van der Waals surface area contributed by atoms with Crippen LogP contribution in [0, 0.1) is 0 Å². The number of nitrogens with zero attached hydrogens (tertiary/aromatic N) is 1. The van der Waals surface area contributed by atoms with Gasteiger partial charge in [-0.25, -0.2) is 0 Å². The van der Waals surface area contributed by atoms with Crippen LogP contribution in [0.5, 0.6) is 0 Å². The SMILES string of the molecule is CCN(CC)Cc1cccc2c1Cc1ccccc1-2. The van der Waals surface area contributed by atoms with Crippen molar-refractivity contribution in [2.24, 2.45) is 0 Å². The summed E-state index contributed by atoms with van der Waals surface area (Å²) in [7, 11) is 0. The summed E-state index contributed by atoms with van der Waals surface area (Å²) in [6, 6.07) is 15.6. The molecule has 0 heterocycles. The van der Waals surface area contributed by atoms with Crippen molar-refractivity contribution < 1.29 is 0 Å². The zero-order valence-corrected chi connectivity index (χ0v) is 11.8. The summed E-state index contributed by atoms with van der Waals surface area (Å²) in [5, 5.41) is 0. The number of benzene rings is 2. The molecule has 0 aliphatic heterocycles. The predicted octanol–water partition coefficient (Wildman–Crippen LogP) is 4.10. The molecule has 0 aromatic heterocycles. The van der Waals surface area contributed by atoms with Crippen molar-refractivity contribution in [2.75, 3.05) is 13.1 Å². The lowest BCUT2D eigenvalue weighted by Gasteiger charge is -2.20. The molecule has 2 aromatic carbocycles. The fraction of sp³-hybridized carbons (Fsp3) is 0.333. The Kier molecular flexibility index (Phi) is 3.39. The van der Waals surface area contributed by atoms with Crippen LogP contribution in [-0.4, -0.2) is 18.0 Å². The third-order valence-corrected chi connectivity index (χ3v) is 4.24. The number of rotatable bonds is 4. The van der Waals surface area contributed by atoms with Crippen LogP contribution in [0.1, 0.15) is 30.5 Å². The molecule has 0 atom stereocenters. The van der Waals surface area contributed by atoms with Crippen molar-refractivity contribution in [1.82, 2.24) is 4.90 Å². The molecule has 19 heavy (non-hydrogen) atoms. The van der Waals surface area contributed by atoms with Gasteiger partial charge in [0.1, 0.15) is 0 Å². The highest BCUT2D eigenvalue weighted by Gasteiger charge is 2.20. The fourth-order valence-corrected chi connectivity index (χ4v) is 3.06. The van der Waals surface area contributed by atoms with Gasteiger partial charge in [0.25, 0.3) is 0 Å². The van der Waals surface area contributed by atoms with Gasteiger partial charge in [-0.2, -0.15) is 0 Å². The number of fused-ring (bicyclic) bond motifs is 3. The second-order valence-electron chi connectivity index (χ2n) is 5.24. The molecule has 0 fully saturated rings. The van der Waals surface area contributed by atoms with Gasteiger partial charge in [-0.1, -0.05) is 56.3 Å². The van der Waals surface area contributed by atoms with Crippen LogP contribution < -0.4 is 0 Å². The molecule has 0 N–H and O–H groups in total. The van der Waals surface area contributed by atoms with Gasteiger partial charge in [-0.15, -0.1) is 0 Å². The van der Waals surface area contributed by atoms with E-state index in [0.717, 1.165) is 26.1 Å². The smallest absolute Gasteiger partial charge is 0.0236 e. The molecule has 0 saturated carbocycles. The molecule has 1 nitrogen and oxygen atoms in total. The number of hydrogen-bond acceptors (Lipinski definition) is 1. The summed E-state index contributed by atoms with van der Waals surface area (Å²) in [4.78, 5) is 2.48. The van der Waals surface area contributed by atoms with Crippen molar-refractivity contribution in [3.8, 4) is 11.1 Å². The first-order chi connectivity index (χ1) is 9.33. The summed E-state index contributed by atoms with van der Waals surface area (Å²) < 4.78 is 0. The quantitative estimate of drug-likeness (QED) is 0.675. The number of hydrogen-bond donors (Lipinski definition) is 0. The van der Waals surface area contributed by atoms with E-state index in [1.807, 2.05) is 0 Å². The van der Waals surface area contributed by atoms with Gasteiger partial charge in [0, 0.05) is 6.54 Å². The molecular weight excluding hydrogens is 230 g/mol. The summed E-state index contributed by atoms with van der Waals surface area (Å²) in [6.07, 6.45) is 1.10. The van der Waals surface area contributed by atoms with Gasteiger partial charge >= 0.3 is 0 Å². The first-order valence-electron chi connectivity index (χ1n) is 7.24. The maximum Gasteiger partial charge on any atom is 0.0236 e. The van der Waals surface area contributed by atoms with Crippen molar-refractivity contribution >= 4 is 0 Å². The van der Waals surface area contributed by atoms with Crippen molar-refractivity contribution in [3.05, 3.63) is 59.2 Å². The molecule has 0 bridgehead atoms. The normalized spacial score (nSPS) is 12.6. The Morgan fingerprint density at radius 3 is 2.42 bits per heavy atom. The highest BCUT2D eigenvalue weighted by molar-refractivity contribution is 5.77. The molecule has 1 heteroatoms. The standard InChI is InChI=1S/C18H21N/c1-3-19(4-2)13-15-9-7-11-17-16-10-6-5-8-14(16)12-18(15)17/h5-11H,3-4,12-13H2,1-2H3. The summed E-state index contributed by atoms with van der Waals surface area (Å²) in [5.41, 5.74) is 7.39. The minimum absolute atomic E-state index is 1.07. The average Bonchev–Trinajstić information content (AvgIpc) is 2.84. The Balaban J connectivity index is 1.99. The second-order valence-corrected chi connectivity index (χ2v) is 5.24. The largest absolute Gasteiger partial charge is 0.300 e. The Bertz CT molecular complexity index is 582. The van der Waals surface area contributed by atoms with Crippen LogP contribution in [0.2, 0.25) is 0 Å². The zero-order chi connectivity index (χ0) is 13.2. The Labute approximate surface area is 115 Å². The lowest BCUT2D eigenvalue weighted by Crippen LogP contribution is -2.22. The van der Waals surface area contributed by atoms with E-state index >= 15 is 0 Å². The van der Waals surface area contributed by atoms with Crippen LogP contribution in [0.3, 0.4) is 0 Å². The average molecular weight is 251 g/mol. The van der Waals surface area contributed by atoms with Gasteiger partial charge in [0.15, 0.2) is 0 Å². The van der Waals surface area contributed by atoms with Gasteiger partial charge in [-0.3, -0.25) is 4.90 Å². The van der Waals surface area contributed by atoms with Crippen LogP contribution in [0.25, 0.3) is 11.1 Å². The topological polar surface area (TPSA) is 3.24 Å². The van der Waals surface area contributed by atoms with E-state index in [-0.39, 0.29) is 0 Å². The molecule has 0 radical (unpaired) electrons. The molecule has 98 valence electrons. The van der Waals surface area contributed by atoms with Crippen LogP contribution >= 0.6 is 0 Å². The fourth-order valence-electron chi connectivity index (χ4n) is 3.06. The van der Waals surface area contributed by atoms with Crippen LogP contribution in [0.15, 0.2) is 42.5 Å². The molecule has 0 spiro atoms. The van der Waals surface area contributed by atoms with Gasteiger partial charge < -0.3 is 0 Å². The van der Waals surface area contributed by atoms with E-state index in [1.165, 1.54) is 27.8 Å². The minimum atomic E-state index is 1.07. The van der Waals surface area contributed by atoms with E-state index in [1.54, 1.807) is 0 Å². The molecule has 1 aliphatic rings. The summed E-state index contributed by atoms with van der Waals surface area (Å²) in [5.74, 6) is 0.